The van der Waals surface area contributed by atoms with Crippen LogP contribution in [0.2, 0.25) is 0 Å². The van der Waals surface area contributed by atoms with E-state index in [1.807, 2.05) is 49.4 Å². The zero-order valence-corrected chi connectivity index (χ0v) is 12.4. The lowest BCUT2D eigenvalue weighted by molar-refractivity contribution is -0.119. The molecule has 2 rings (SSSR count). The zero-order chi connectivity index (χ0) is 14.9. The van der Waals surface area contributed by atoms with Crippen LogP contribution in [0.15, 0.2) is 54.6 Å². The monoisotopic (exact) mass is 282 g/mol. The molecule has 0 aliphatic carbocycles. The first-order chi connectivity index (χ1) is 10.2. The second-order valence-electron chi connectivity index (χ2n) is 5.16. The van der Waals surface area contributed by atoms with Crippen molar-refractivity contribution in [2.75, 3.05) is 18.4 Å². The fraction of sp³-hybridized carbons (Fsp3) is 0.278. The Hall–Kier alpha value is -2.29. The van der Waals surface area contributed by atoms with Crippen LogP contribution >= 0.6 is 0 Å². The van der Waals surface area contributed by atoms with Crippen molar-refractivity contribution >= 4 is 11.6 Å². The summed E-state index contributed by atoms with van der Waals surface area (Å²) < 4.78 is 0. The summed E-state index contributed by atoms with van der Waals surface area (Å²) in [4.78, 5) is 11.7. The highest BCUT2D eigenvalue weighted by Crippen LogP contribution is 2.07. The van der Waals surface area contributed by atoms with E-state index in [2.05, 4.69) is 22.8 Å². The molecule has 1 amide bonds. The number of aryl methyl sites for hydroxylation is 2. The fourth-order valence-corrected chi connectivity index (χ4v) is 2.08. The molecule has 2 aromatic rings. The van der Waals surface area contributed by atoms with Crippen LogP contribution in [0.4, 0.5) is 5.69 Å². The molecule has 0 fully saturated rings. The first-order valence-corrected chi connectivity index (χ1v) is 7.35. The van der Waals surface area contributed by atoms with Crippen molar-refractivity contribution in [1.82, 2.24) is 5.32 Å². The SMILES string of the molecule is Cc1ccc(NCC(=O)NCCCc2ccccc2)cc1. The molecule has 0 aliphatic heterocycles. The number of hydrogen-bond donors (Lipinski definition) is 2. The first-order valence-electron chi connectivity index (χ1n) is 7.35. The van der Waals surface area contributed by atoms with E-state index in [-0.39, 0.29) is 5.91 Å². The summed E-state index contributed by atoms with van der Waals surface area (Å²) in [6, 6.07) is 18.3. The summed E-state index contributed by atoms with van der Waals surface area (Å²) >= 11 is 0. The number of carbonyl (C=O) groups is 1. The van der Waals surface area contributed by atoms with Crippen molar-refractivity contribution in [1.29, 1.82) is 0 Å². The molecule has 0 heterocycles. The van der Waals surface area contributed by atoms with E-state index in [1.54, 1.807) is 0 Å². The molecule has 3 nitrogen and oxygen atoms in total. The van der Waals surface area contributed by atoms with Crippen LogP contribution in [-0.4, -0.2) is 19.0 Å². The van der Waals surface area contributed by atoms with Crippen LogP contribution in [0.25, 0.3) is 0 Å². The molecule has 0 aromatic heterocycles. The van der Waals surface area contributed by atoms with Crippen molar-refractivity contribution in [2.45, 2.75) is 19.8 Å². The van der Waals surface area contributed by atoms with Gasteiger partial charge in [-0.05, 0) is 37.5 Å². The molecule has 110 valence electrons. The minimum atomic E-state index is 0.0311. The average Bonchev–Trinajstić information content (AvgIpc) is 2.52. The topological polar surface area (TPSA) is 41.1 Å². The van der Waals surface area contributed by atoms with Crippen molar-refractivity contribution in [3.8, 4) is 0 Å². The Morgan fingerprint density at radius 1 is 1.00 bits per heavy atom. The molecule has 0 saturated heterocycles. The highest BCUT2D eigenvalue weighted by molar-refractivity contribution is 5.80. The summed E-state index contributed by atoms with van der Waals surface area (Å²) in [5.41, 5.74) is 3.50. The smallest absolute Gasteiger partial charge is 0.239 e. The Morgan fingerprint density at radius 3 is 2.43 bits per heavy atom. The van der Waals surface area contributed by atoms with Crippen molar-refractivity contribution < 1.29 is 4.79 Å². The largest absolute Gasteiger partial charge is 0.376 e. The van der Waals surface area contributed by atoms with Crippen LogP contribution in [-0.2, 0) is 11.2 Å². The van der Waals surface area contributed by atoms with Gasteiger partial charge in [0.05, 0.1) is 6.54 Å². The molecule has 0 radical (unpaired) electrons. The molecular weight excluding hydrogens is 260 g/mol. The van der Waals surface area contributed by atoms with Crippen molar-refractivity contribution in [3.63, 3.8) is 0 Å². The van der Waals surface area contributed by atoms with E-state index in [0.29, 0.717) is 13.1 Å². The van der Waals surface area contributed by atoms with Gasteiger partial charge in [-0.1, -0.05) is 48.0 Å². The first kappa shape index (κ1) is 15.1. The quantitative estimate of drug-likeness (QED) is 0.766. The average molecular weight is 282 g/mol. The van der Waals surface area contributed by atoms with E-state index >= 15 is 0 Å². The maximum absolute atomic E-state index is 11.7. The Balaban J connectivity index is 1.60. The molecular formula is C18H22N2O. The van der Waals surface area contributed by atoms with E-state index < -0.39 is 0 Å². The van der Waals surface area contributed by atoms with Gasteiger partial charge in [0.1, 0.15) is 0 Å². The lowest BCUT2D eigenvalue weighted by atomic mass is 10.1. The highest BCUT2D eigenvalue weighted by atomic mass is 16.1. The molecule has 2 N–H and O–H groups in total. The third-order valence-electron chi connectivity index (χ3n) is 3.31. The maximum atomic E-state index is 11.7. The third-order valence-corrected chi connectivity index (χ3v) is 3.31. The lowest BCUT2D eigenvalue weighted by Crippen LogP contribution is -2.30. The van der Waals surface area contributed by atoms with E-state index in [9.17, 15) is 4.79 Å². The normalized spacial score (nSPS) is 10.1. The molecule has 0 atom stereocenters. The Labute approximate surface area is 126 Å². The molecule has 0 bridgehead atoms. The summed E-state index contributed by atoms with van der Waals surface area (Å²) in [6.45, 7) is 3.07. The number of carbonyl (C=O) groups excluding carboxylic acids is 1. The summed E-state index contributed by atoms with van der Waals surface area (Å²) in [5.74, 6) is 0.0311. The van der Waals surface area contributed by atoms with Gasteiger partial charge in [0.25, 0.3) is 0 Å². The standard InChI is InChI=1S/C18H22N2O/c1-15-9-11-17(12-10-15)20-14-18(21)19-13-5-8-16-6-3-2-4-7-16/h2-4,6-7,9-12,20H,5,8,13-14H2,1H3,(H,19,21). The summed E-state index contributed by atoms with van der Waals surface area (Å²) in [7, 11) is 0. The van der Waals surface area contributed by atoms with Gasteiger partial charge in [0, 0.05) is 12.2 Å². The predicted octanol–water partition coefficient (Wildman–Crippen LogP) is 3.16. The minimum absolute atomic E-state index is 0.0311. The van der Waals surface area contributed by atoms with Crippen molar-refractivity contribution in [3.05, 3.63) is 65.7 Å². The van der Waals surface area contributed by atoms with Crippen LogP contribution in [0.3, 0.4) is 0 Å². The Bertz CT molecular complexity index is 549. The number of amides is 1. The third kappa shape index (κ3) is 5.69. The van der Waals surface area contributed by atoms with E-state index in [4.69, 9.17) is 0 Å². The molecule has 0 aliphatic rings. The van der Waals surface area contributed by atoms with Crippen molar-refractivity contribution in [2.24, 2.45) is 0 Å². The predicted molar refractivity (Wildman–Crippen MR) is 87.4 cm³/mol. The van der Waals surface area contributed by atoms with Gasteiger partial charge < -0.3 is 10.6 Å². The van der Waals surface area contributed by atoms with Gasteiger partial charge >= 0.3 is 0 Å². The minimum Gasteiger partial charge on any atom is -0.376 e. The molecule has 0 saturated carbocycles. The van der Waals surface area contributed by atoms with Gasteiger partial charge in [-0.3, -0.25) is 4.79 Å². The van der Waals surface area contributed by atoms with Gasteiger partial charge in [0.2, 0.25) is 5.91 Å². The molecule has 21 heavy (non-hydrogen) atoms. The fourth-order valence-electron chi connectivity index (χ4n) is 2.08. The van der Waals surface area contributed by atoms with Gasteiger partial charge in [-0.25, -0.2) is 0 Å². The molecule has 0 unspecified atom stereocenters. The second kappa shape index (κ2) is 8.10. The van der Waals surface area contributed by atoms with Gasteiger partial charge in [-0.2, -0.15) is 0 Å². The van der Waals surface area contributed by atoms with E-state index in [0.717, 1.165) is 18.5 Å². The number of nitrogens with one attached hydrogen (secondary N) is 2. The summed E-state index contributed by atoms with van der Waals surface area (Å²) in [5, 5.41) is 6.05. The highest BCUT2D eigenvalue weighted by Gasteiger charge is 2.00. The maximum Gasteiger partial charge on any atom is 0.239 e. The molecule has 2 aromatic carbocycles. The van der Waals surface area contributed by atoms with E-state index in [1.165, 1.54) is 11.1 Å². The Kier molecular flexibility index (Phi) is 5.83. The number of anilines is 1. The van der Waals surface area contributed by atoms with Crippen LogP contribution in [0.1, 0.15) is 17.5 Å². The van der Waals surface area contributed by atoms with Gasteiger partial charge in [0.15, 0.2) is 0 Å². The van der Waals surface area contributed by atoms with Crippen LogP contribution in [0, 0.1) is 6.92 Å². The van der Waals surface area contributed by atoms with Crippen LogP contribution in [0.5, 0.6) is 0 Å². The molecule has 3 heteroatoms. The number of rotatable bonds is 7. The van der Waals surface area contributed by atoms with Crippen LogP contribution < -0.4 is 10.6 Å². The Morgan fingerprint density at radius 2 is 1.71 bits per heavy atom. The number of hydrogen-bond acceptors (Lipinski definition) is 2. The zero-order valence-electron chi connectivity index (χ0n) is 12.4. The summed E-state index contributed by atoms with van der Waals surface area (Å²) in [6.07, 6.45) is 1.95. The van der Waals surface area contributed by atoms with Gasteiger partial charge in [-0.15, -0.1) is 0 Å². The number of benzene rings is 2. The second-order valence-corrected chi connectivity index (χ2v) is 5.16. The lowest BCUT2D eigenvalue weighted by Gasteiger charge is -2.08. The molecule has 0 spiro atoms.